The van der Waals surface area contributed by atoms with Crippen LogP contribution in [0.2, 0.25) is 0 Å². The maximum Gasteiger partial charge on any atom is 0.416 e. The van der Waals surface area contributed by atoms with Crippen LogP contribution in [-0.2, 0) is 36.8 Å². The van der Waals surface area contributed by atoms with Gasteiger partial charge in [0.05, 0.1) is 29.9 Å². The average molecular weight is 505 g/mol. The van der Waals surface area contributed by atoms with Gasteiger partial charge in [-0.3, -0.25) is 9.48 Å². The first kappa shape index (κ1) is 24.8. The fraction of sp³-hybridized carbons (Fsp3) is 0.476. The zero-order chi connectivity index (χ0) is 25.5. The van der Waals surface area contributed by atoms with Crippen molar-refractivity contribution in [1.29, 1.82) is 0 Å². The van der Waals surface area contributed by atoms with Gasteiger partial charge in [-0.25, -0.2) is 4.79 Å². The van der Waals surface area contributed by atoms with E-state index in [0.717, 1.165) is 0 Å². The van der Waals surface area contributed by atoms with E-state index in [4.69, 9.17) is 4.74 Å². The summed E-state index contributed by atoms with van der Waals surface area (Å²) in [4.78, 5) is 27.9. The zero-order valence-electron chi connectivity index (χ0n) is 18.4. The van der Waals surface area contributed by atoms with Crippen LogP contribution >= 0.6 is 0 Å². The topological polar surface area (TPSA) is 79.7 Å². The lowest BCUT2D eigenvalue weighted by atomic mass is 10.1. The molecule has 1 saturated heterocycles. The van der Waals surface area contributed by atoms with E-state index < -0.39 is 41.7 Å². The number of nitrogens with one attached hydrogen (secondary N) is 1. The summed E-state index contributed by atoms with van der Waals surface area (Å²) in [5, 5.41) is 7.33. The summed E-state index contributed by atoms with van der Waals surface area (Å²) >= 11 is 0. The largest absolute Gasteiger partial charge is 0.445 e. The highest BCUT2D eigenvalue weighted by molar-refractivity contribution is 5.93. The highest BCUT2D eigenvalue weighted by Gasteiger charge is 2.37. The number of hydrogen-bond acceptors (Lipinski definition) is 5. The van der Waals surface area contributed by atoms with Gasteiger partial charge >= 0.3 is 18.4 Å². The summed E-state index contributed by atoms with van der Waals surface area (Å²) in [5.74, 6) is -0.238. The minimum absolute atomic E-state index is 0.00901. The summed E-state index contributed by atoms with van der Waals surface area (Å²) in [7, 11) is 1.80. The number of aromatic nitrogens is 2. The number of nitrogens with zero attached hydrogens (tertiary/aromatic N) is 4. The third kappa shape index (κ3) is 5.36. The zero-order valence-corrected chi connectivity index (χ0v) is 18.4. The molecule has 35 heavy (non-hydrogen) atoms. The molecule has 0 bridgehead atoms. The molecule has 2 amide bonds. The number of alkyl halides is 6. The number of hydrogen-bond donors (Lipinski definition) is 1. The molecule has 2 aliphatic rings. The smallest absolute Gasteiger partial charge is 0.416 e. The van der Waals surface area contributed by atoms with E-state index >= 15 is 0 Å². The van der Waals surface area contributed by atoms with Gasteiger partial charge in [-0.2, -0.15) is 31.4 Å². The molecule has 2 aliphatic heterocycles. The summed E-state index contributed by atoms with van der Waals surface area (Å²) in [6.07, 6.45) is -10.9. The number of ether oxygens (including phenoxy) is 1. The van der Waals surface area contributed by atoms with Crippen LogP contribution in [0.5, 0.6) is 0 Å². The number of halogens is 6. The van der Waals surface area contributed by atoms with Crippen LogP contribution in [0.15, 0.2) is 24.3 Å². The van der Waals surface area contributed by atoms with Crippen molar-refractivity contribution >= 4 is 12.0 Å². The lowest BCUT2D eigenvalue weighted by Crippen LogP contribution is -2.59. The second-order valence-electron chi connectivity index (χ2n) is 8.33. The minimum Gasteiger partial charge on any atom is -0.445 e. The molecule has 1 N–H and O–H groups in total. The van der Waals surface area contributed by atoms with Crippen LogP contribution in [-0.4, -0.2) is 64.3 Å². The van der Waals surface area contributed by atoms with Gasteiger partial charge in [-0.15, -0.1) is 0 Å². The molecule has 1 aromatic carbocycles. The summed E-state index contributed by atoms with van der Waals surface area (Å²) in [6, 6.07) is 2.82. The van der Waals surface area contributed by atoms with Gasteiger partial charge in [0.25, 0.3) is 5.91 Å². The Labute approximate surface area is 195 Å². The molecule has 14 heteroatoms. The SMILES string of the molecule is CNC1CN(C(=O)c2cc3n(n2)CCN(C(=O)OCc2cc(C(F)(F)F)cc(C(F)(F)F)c2)C3)C1. The lowest BCUT2D eigenvalue weighted by Gasteiger charge is -2.38. The number of fused-ring (bicyclic) bond motifs is 1. The van der Waals surface area contributed by atoms with E-state index in [1.807, 2.05) is 0 Å². The maximum absolute atomic E-state index is 13.0. The van der Waals surface area contributed by atoms with Crippen LogP contribution < -0.4 is 5.32 Å². The molecule has 0 radical (unpaired) electrons. The second kappa shape index (κ2) is 9.06. The number of carbonyl (C=O) groups excluding carboxylic acids is 2. The predicted octanol–water partition coefficient (Wildman–Crippen LogP) is 3.12. The molecule has 4 rings (SSSR count). The quantitative estimate of drug-likeness (QED) is 0.647. The van der Waals surface area contributed by atoms with Crippen molar-refractivity contribution in [3.05, 3.63) is 52.3 Å². The number of amides is 2. The molecular weight excluding hydrogens is 484 g/mol. The van der Waals surface area contributed by atoms with Crippen LogP contribution in [0.4, 0.5) is 31.1 Å². The van der Waals surface area contributed by atoms with Crippen molar-refractivity contribution < 1.29 is 40.7 Å². The average Bonchev–Trinajstić information content (AvgIpc) is 3.18. The Balaban J connectivity index is 1.40. The molecule has 8 nitrogen and oxygen atoms in total. The maximum atomic E-state index is 13.0. The molecule has 1 aromatic heterocycles. The molecule has 3 heterocycles. The molecule has 0 unspecified atom stereocenters. The standard InChI is InChI=1S/C21H21F6N5O3/c1-28-15-8-31(9-15)18(33)17-7-16-10-30(2-3-32(16)29-17)19(34)35-11-12-4-13(20(22,23)24)6-14(5-12)21(25,26)27/h4-7,15,28H,2-3,8-11H2,1H3. The molecule has 2 aromatic rings. The van der Waals surface area contributed by atoms with Crippen LogP contribution in [0.1, 0.15) is 32.9 Å². The van der Waals surface area contributed by atoms with Crippen LogP contribution in [0, 0.1) is 0 Å². The molecular formula is C21H21F6N5O3. The monoisotopic (exact) mass is 505 g/mol. The van der Waals surface area contributed by atoms with E-state index in [-0.39, 0.29) is 43.3 Å². The van der Waals surface area contributed by atoms with E-state index in [9.17, 15) is 35.9 Å². The molecule has 0 aliphatic carbocycles. The number of rotatable bonds is 4. The Morgan fingerprint density at radius 2 is 1.63 bits per heavy atom. The van der Waals surface area contributed by atoms with Crippen LogP contribution in [0.3, 0.4) is 0 Å². The van der Waals surface area contributed by atoms with Crippen molar-refractivity contribution in [2.75, 3.05) is 26.7 Å². The Kier molecular flexibility index (Phi) is 6.42. The van der Waals surface area contributed by atoms with Crippen LogP contribution in [0.25, 0.3) is 0 Å². The van der Waals surface area contributed by atoms with Gasteiger partial charge in [-0.1, -0.05) is 0 Å². The number of likely N-dealkylation sites (tertiary alicyclic amines) is 1. The first-order chi connectivity index (χ1) is 16.3. The van der Waals surface area contributed by atoms with E-state index in [2.05, 4.69) is 10.4 Å². The summed E-state index contributed by atoms with van der Waals surface area (Å²) in [5.41, 5.74) is -2.62. The Morgan fingerprint density at radius 1 is 1.00 bits per heavy atom. The van der Waals surface area contributed by atoms with Gasteiger partial charge in [0.1, 0.15) is 6.61 Å². The predicted molar refractivity (Wildman–Crippen MR) is 108 cm³/mol. The van der Waals surface area contributed by atoms with E-state index in [1.165, 1.54) is 4.90 Å². The Bertz CT molecular complexity index is 1090. The Morgan fingerprint density at radius 3 is 2.20 bits per heavy atom. The third-order valence-corrected chi connectivity index (χ3v) is 5.86. The molecule has 0 spiro atoms. The second-order valence-corrected chi connectivity index (χ2v) is 8.33. The summed E-state index contributed by atoms with van der Waals surface area (Å²) < 4.78 is 84.7. The van der Waals surface area contributed by atoms with Gasteiger partial charge in [0, 0.05) is 25.7 Å². The fourth-order valence-electron chi connectivity index (χ4n) is 3.85. The van der Waals surface area contributed by atoms with E-state index in [1.54, 1.807) is 22.7 Å². The molecule has 1 fully saturated rings. The number of benzene rings is 1. The fourth-order valence-corrected chi connectivity index (χ4v) is 3.85. The highest BCUT2D eigenvalue weighted by Crippen LogP contribution is 2.36. The van der Waals surface area contributed by atoms with Crippen molar-refractivity contribution in [3.63, 3.8) is 0 Å². The minimum atomic E-state index is -5.00. The molecule has 0 saturated carbocycles. The first-order valence-corrected chi connectivity index (χ1v) is 10.6. The Hall–Kier alpha value is -3.29. The van der Waals surface area contributed by atoms with Crippen molar-refractivity contribution in [1.82, 2.24) is 24.9 Å². The van der Waals surface area contributed by atoms with Gasteiger partial charge in [0.2, 0.25) is 0 Å². The summed E-state index contributed by atoms with van der Waals surface area (Å²) in [6.45, 7) is 0.756. The van der Waals surface area contributed by atoms with Gasteiger partial charge in [0.15, 0.2) is 5.69 Å². The number of likely N-dealkylation sites (N-methyl/N-ethyl adjacent to an activating group) is 1. The molecule has 0 atom stereocenters. The normalized spacial score (nSPS) is 16.7. The van der Waals surface area contributed by atoms with Crippen molar-refractivity contribution in [3.8, 4) is 0 Å². The molecule has 190 valence electrons. The van der Waals surface area contributed by atoms with Crippen molar-refractivity contribution in [2.45, 2.75) is 38.1 Å². The van der Waals surface area contributed by atoms with E-state index in [0.29, 0.717) is 30.9 Å². The van der Waals surface area contributed by atoms with Crippen molar-refractivity contribution in [2.24, 2.45) is 0 Å². The van der Waals surface area contributed by atoms with Gasteiger partial charge < -0.3 is 19.9 Å². The van der Waals surface area contributed by atoms with Gasteiger partial charge in [-0.05, 0) is 36.9 Å². The first-order valence-electron chi connectivity index (χ1n) is 10.6. The third-order valence-electron chi connectivity index (χ3n) is 5.86. The highest BCUT2D eigenvalue weighted by atomic mass is 19.4. The number of carbonyl (C=O) groups is 2. The lowest BCUT2D eigenvalue weighted by molar-refractivity contribution is -0.143.